The van der Waals surface area contributed by atoms with Crippen LogP contribution in [-0.4, -0.2) is 41.1 Å². The van der Waals surface area contributed by atoms with E-state index in [0.29, 0.717) is 11.7 Å². The summed E-state index contributed by atoms with van der Waals surface area (Å²) in [6.07, 6.45) is 11.3. The number of likely N-dealkylation sites (tertiary alicyclic amines) is 1. The number of rotatable bonds is 2. The van der Waals surface area contributed by atoms with Crippen LogP contribution in [0.25, 0.3) is 0 Å². The van der Waals surface area contributed by atoms with Crippen LogP contribution in [0.5, 0.6) is 0 Å². The number of alkyl halides is 1. The molecule has 3 fully saturated rings. The van der Waals surface area contributed by atoms with Gasteiger partial charge in [0.05, 0.1) is 11.7 Å². The van der Waals surface area contributed by atoms with Crippen LogP contribution in [0.3, 0.4) is 0 Å². The Morgan fingerprint density at radius 3 is 2.68 bits per heavy atom. The highest BCUT2D eigenvalue weighted by Crippen LogP contribution is 2.42. The molecule has 3 unspecified atom stereocenters. The Morgan fingerprint density at radius 1 is 1.16 bits per heavy atom. The summed E-state index contributed by atoms with van der Waals surface area (Å²) in [5.74, 6) is 0.777. The van der Waals surface area contributed by atoms with Crippen LogP contribution in [-0.2, 0) is 4.74 Å². The highest BCUT2D eigenvalue weighted by atomic mass is 79.9. The molecule has 2 saturated heterocycles. The van der Waals surface area contributed by atoms with Crippen LogP contribution >= 0.6 is 15.9 Å². The maximum atomic E-state index is 6.50. The van der Waals surface area contributed by atoms with Crippen molar-refractivity contribution in [2.24, 2.45) is 5.92 Å². The maximum Gasteiger partial charge on any atom is 0.0710 e. The molecule has 2 nitrogen and oxygen atoms in total. The first-order valence-corrected chi connectivity index (χ1v) is 9.13. The number of hydrogen-bond donors (Lipinski definition) is 0. The van der Waals surface area contributed by atoms with Gasteiger partial charge in [-0.2, -0.15) is 0 Å². The fraction of sp³-hybridized carbons (Fsp3) is 1.00. The van der Waals surface area contributed by atoms with E-state index in [2.05, 4.69) is 27.8 Å². The molecular weight excluding hydrogens is 302 g/mol. The second-order valence-electron chi connectivity index (χ2n) is 7.06. The van der Waals surface area contributed by atoms with Crippen molar-refractivity contribution in [3.05, 3.63) is 0 Å². The average Bonchev–Trinajstić information content (AvgIpc) is 2.78. The topological polar surface area (TPSA) is 12.5 Å². The van der Waals surface area contributed by atoms with E-state index in [0.717, 1.165) is 10.7 Å². The summed E-state index contributed by atoms with van der Waals surface area (Å²) in [6, 6.07) is 0. The highest BCUT2D eigenvalue weighted by Gasteiger charge is 2.41. The number of hydrogen-bond acceptors (Lipinski definition) is 2. The predicted octanol–water partition coefficient (Wildman–Crippen LogP) is 3.97. The zero-order chi connectivity index (χ0) is 13.3. The van der Waals surface area contributed by atoms with Gasteiger partial charge in [0.15, 0.2) is 0 Å². The first-order chi connectivity index (χ1) is 9.17. The van der Waals surface area contributed by atoms with Gasteiger partial charge in [0, 0.05) is 17.9 Å². The quantitative estimate of drug-likeness (QED) is 0.710. The lowest BCUT2D eigenvalue weighted by molar-refractivity contribution is -0.0737. The second-order valence-corrected chi connectivity index (χ2v) is 8.24. The second kappa shape index (κ2) is 6.03. The normalized spacial score (nSPS) is 39.8. The Kier molecular flexibility index (Phi) is 4.55. The van der Waals surface area contributed by atoms with Crippen LogP contribution < -0.4 is 0 Å². The summed E-state index contributed by atoms with van der Waals surface area (Å²) in [4.78, 5) is 3.35. The molecule has 0 radical (unpaired) electrons. The molecule has 1 saturated carbocycles. The van der Waals surface area contributed by atoms with Crippen molar-refractivity contribution < 1.29 is 4.74 Å². The molecule has 3 heteroatoms. The van der Waals surface area contributed by atoms with Crippen LogP contribution in [0.4, 0.5) is 0 Å². The summed E-state index contributed by atoms with van der Waals surface area (Å²) in [5, 5.41) is 0. The van der Waals surface area contributed by atoms with E-state index in [-0.39, 0.29) is 0 Å². The standard InChI is InChI=1S/C16H28BrNO/c1-13-11-18(10-6-15(13)17)12-14-5-9-16(19-14)7-3-2-4-8-16/h13-15H,2-12H2,1H3. The zero-order valence-electron chi connectivity index (χ0n) is 12.2. The lowest BCUT2D eigenvalue weighted by atomic mass is 9.83. The van der Waals surface area contributed by atoms with E-state index in [9.17, 15) is 0 Å². The molecule has 3 atom stereocenters. The fourth-order valence-electron chi connectivity index (χ4n) is 4.25. The largest absolute Gasteiger partial charge is 0.370 e. The van der Waals surface area contributed by atoms with Crippen LogP contribution in [0.2, 0.25) is 0 Å². The van der Waals surface area contributed by atoms with Crippen LogP contribution in [0.1, 0.15) is 58.3 Å². The van der Waals surface area contributed by atoms with E-state index < -0.39 is 0 Å². The molecule has 2 aliphatic heterocycles. The van der Waals surface area contributed by atoms with E-state index >= 15 is 0 Å². The molecule has 2 heterocycles. The molecule has 0 bridgehead atoms. The van der Waals surface area contributed by atoms with Gasteiger partial charge in [-0.05, 0) is 44.6 Å². The monoisotopic (exact) mass is 329 g/mol. The van der Waals surface area contributed by atoms with Crippen LogP contribution in [0, 0.1) is 5.92 Å². The van der Waals surface area contributed by atoms with Crippen molar-refractivity contribution in [3.8, 4) is 0 Å². The molecule has 0 N–H and O–H groups in total. The molecule has 1 spiro atoms. The third kappa shape index (κ3) is 3.36. The van der Waals surface area contributed by atoms with Gasteiger partial charge in [-0.1, -0.05) is 42.1 Å². The molecule has 0 aromatic rings. The van der Waals surface area contributed by atoms with Crippen molar-refractivity contribution in [1.29, 1.82) is 0 Å². The molecule has 0 amide bonds. The average molecular weight is 330 g/mol. The van der Waals surface area contributed by atoms with Crippen molar-refractivity contribution in [1.82, 2.24) is 4.90 Å². The van der Waals surface area contributed by atoms with Crippen molar-refractivity contribution in [2.45, 2.75) is 74.8 Å². The van der Waals surface area contributed by atoms with Crippen molar-refractivity contribution in [2.75, 3.05) is 19.6 Å². The van der Waals surface area contributed by atoms with Gasteiger partial charge in [-0.25, -0.2) is 0 Å². The lowest BCUT2D eigenvalue weighted by Gasteiger charge is -2.37. The van der Waals surface area contributed by atoms with Gasteiger partial charge in [0.25, 0.3) is 0 Å². The summed E-state index contributed by atoms with van der Waals surface area (Å²) in [6.45, 7) is 6.02. The van der Waals surface area contributed by atoms with E-state index in [1.807, 2.05) is 0 Å². The molecule has 110 valence electrons. The zero-order valence-corrected chi connectivity index (χ0v) is 13.8. The summed E-state index contributed by atoms with van der Waals surface area (Å²) < 4.78 is 6.50. The summed E-state index contributed by atoms with van der Waals surface area (Å²) in [7, 11) is 0. The number of halogens is 1. The molecule has 0 aromatic heterocycles. The van der Waals surface area contributed by atoms with Gasteiger partial charge in [0.2, 0.25) is 0 Å². The maximum absolute atomic E-state index is 6.50. The first kappa shape index (κ1) is 14.3. The highest BCUT2D eigenvalue weighted by molar-refractivity contribution is 9.09. The Bertz CT molecular complexity index is 303. The number of ether oxygens (including phenoxy) is 1. The molecule has 3 aliphatic rings. The summed E-state index contributed by atoms with van der Waals surface area (Å²) >= 11 is 3.79. The minimum Gasteiger partial charge on any atom is -0.370 e. The van der Waals surface area contributed by atoms with E-state index in [4.69, 9.17) is 4.74 Å². The van der Waals surface area contributed by atoms with Gasteiger partial charge in [0.1, 0.15) is 0 Å². The van der Waals surface area contributed by atoms with E-state index in [1.165, 1.54) is 71.0 Å². The molecular formula is C16H28BrNO. The lowest BCUT2D eigenvalue weighted by Crippen LogP contribution is -2.44. The predicted molar refractivity (Wildman–Crippen MR) is 82.9 cm³/mol. The van der Waals surface area contributed by atoms with Gasteiger partial charge < -0.3 is 9.64 Å². The van der Waals surface area contributed by atoms with Crippen molar-refractivity contribution >= 4 is 15.9 Å². The van der Waals surface area contributed by atoms with Gasteiger partial charge in [-0.3, -0.25) is 0 Å². The van der Waals surface area contributed by atoms with Crippen molar-refractivity contribution in [3.63, 3.8) is 0 Å². The Labute approximate surface area is 126 Å². The Balaban J connectivity index is 1.49. The minimum atomic E-state index is 0.294. The SMILES string of the molecule is CC1CN(CC2CCC3(CCCCC3)O2)CCC1Br. The van der Waals surface area contributed by atoms with Gasteiger partial charge in [-0.15, -0.1) is 0 Å². The van der Waals surface area contributed by atoms with Gasteiger partial charge >= 0.3 is 0 Å². The third-order valence-electron chi connectivity index (χ3n) is 5.45. The number of piperidine rings is 1. The molecule has 0 aromatic carbocycles. The first-order valence-electron chi connectivity index (χ1n) is 8.21. The van der Waals surface area contributed by atoms with Crippen LogP contribution in [0.15, 0.2) is 0 Å². The number of nitrogens with zero attached hydrogens (tertiary/aromatic N) is 1. The minimum absolute atomic E-state index is 0.294. The Morgan fingerprint density at radius 2 is 1.95 bits per heavy atom. The molecule has 19 heavy (non-hydrogen) atoms. The summed E-state index contributed by atoms with van der Waals surface area (Å²) in [5.41, 5.74) is 0.294. The molecule has 1 aliphatic carbocycles. The fourth-order valence-corrected chi connectivity index (χ4v) is 4.62. The van der Waals surface area contributed by atoms with E-state index in [1.54, 1.807) is 0 Å². The molecule has 3 rings (SSSR count). The Hall–Kier alpha value is 0.400. The smallest absolute Gasteiger partial charge is 0.0710 e. The third-order valence-corrected chi connectivity index (χ3v) is 6.81.